The predicted molar refractivity (Wildman–Crippen MR) is 77.9 cm³/mol. The van der Waals surface area contributed by atoms with E-state index in [4.69, 9.17) is 0 Å². The van der Waals surface area contributed by atoms with Gasteiger partial charge >= 0.3 is 0 Å². The molecule has 0 unspecified atom stereocenters. The summed E-state index contributed by atoms with van der Waals surface area (Å²) in [6.07, 6.45) is 5.43. The molecule has 2 aliphatic rings. The van der Waals surface area contributed by atoms with Gasteiger partial charge in [0.15, 0.2) is 0 Å². The van der Waals surface area contributed by atoms with Crippen molar-refractivity contribution in [1.82, 2.24) is 15.1 Å². The first kappa shape index (κ1) is 14.0. The molecule has 3 heteroatoms. The number of piperidine rings is 1. The highest BCUT2D eigenvalue weighted by Gasteiger charge is 2.22. The van der Waals surface area contributed by atoms with E-state index >= 15 is 0 Å². The normalized spacial score (nSPS) is 22.6. The molecular formula is C15H29N3. The number of likely N-dealkylation sites (tertiary alicyclic amines) is 1. The molecular weight excluding hydrogens is 222 g/mol. The number of hydrogen-bond donors (Lipinski definition) is 1. The molecule has 0 aromatic carbocycles. The van der Waals surface area contributed by atoms with Crippen LogP contribution in [0.25, 0.3) is 0 Å². The van der Waals surface area contributed by atoms with Crippen LogP contribution in [0.15, 0.2) is 12.2 Å². The molecule has 0 spiro atoms. The molecule has 0 aromatic heterocycles. The first-order valence-corrected chi connectivity index (χ1v) is 7.40. The van der Waals surface area contributed by atoms with Crippen LogP contribution in [-0.2, 0) is 0 Å². The highest BCUT2D eigenvalue weighted by molar-refractivity contribution is 5.02. The van der Waals surface area contributed by atoms with Crippen LogP contribution < -0.4 is 5.32 Å². The fourth-order valence-electron chi connectivity index (χ4n) is 2.79. The third kappa shape index (κ3) is 5.09. The van der Waals surface area contributed by atoms with Crippen LogP contribution in [0.4, 0.5) is 0 Å². The lowest BCUT2D eigenvalue weighted by Crippen LogP contribution is -2.39. The lowest BCUT2D eigenvalue weighted by Gasteiger charge is -2.33. The van der Waals surface area contributed by atoms with Crippen LogP contribution in [0.1, 0.15) is 25.7 Å². The quantitative estimate of drug-likeness (QED) is 0.693. The van der Waals surface area contributed by atoms with Gasteiger partial charge in [-0.25, -0.2) is 0 Å². The van der Waals surface area contributed by atoms with Gasteiger partial charge in [0.25, 0.3) is 0 Å². The van der Waals surface area contributed by atoms with E-state index in [2.05, 4.69) is 35.8 Å². The summed E-state index contributed by atoms with van der Waals surface area (Å²) < 4.78 is 0. The Kier molecular flexibility index (Phi) is 5.22. The summed E-state index contributed by atoms with van der Waals surface area (Å²) in [5.41, 5.74) is 1.35. The molecule has 104 valence electrons. The van der Waals surface area contributed by atoms with Crippen LogP contribution in [-0.4, -0.2) is 62.7 Å². The summed E-state index contributed by atoms with van der Waals surface area (Å²) >= 11 is 0. The van der Waals surface area contributed by atoms with Crippen molar-refractivity contribution in [2.24, 2.45) is 5.92 Å². The summed E-state index contributed by atoms with van der Waals surface area (Å²) in [7, 11) is 4.36. The molecule has 3 nitrogen and oxygen atoms in total. The van der Waals surface area contributed by atoms with E-state index < -0.39 is 0 Å². The van der Waals surface area contributed by atoms with Gasteiger partial charge < -0.3 is 10.2 Å². The van der Waals surface area contributed by atoms with E-state index in [9.17, 15) is 0 Å². The second-order valence-electron chi connectivity index (χ2n) is 6.39. The van der Waals surface area contributed by atoms with Gasteiger partial charge in [0.05, 0.1) is 0 Å². The van der Waals surface area contributed by atoms with Crippen LogP contribution in [0.2, 0.25) is 0 Å². The highest BCUT2D eigenvalue weighted by Crippen LogP contribution is 2.20. The first-order chi connectivity index (χ1) is 8.63. The van der Waals surface area contributed by atoms with Crippen molar-refractivity contribution in [3.8, 4) is 0 Å². The minimum atomic E-state index is 0.799. The monoisotopic (exact) mass is 251 g/mol. The van der Waals surface area contributed by atoms with Crippen molar-refractivity contribution < 1.29 is 0 Å². The van der Waals surface area contributed by atoms with Gasteiger partial charge in [0, 0.05) is 25.7 Å². The van der Waals surface area contributed by atoms with Gasteiger partial charge in [-0.05, 0) is 64.4 Å². The van der Waals surface area contributed by atoms with Crippen molar-refractivity contribution >= 4 is 0 Å². The molecule has 1 aliphatic heterocycles. The van der Waals surface area contributed by atoms with Crippen LogP contribution >= 0.6 is 0 Å². The third-order valence-electron chi connectivity index (χ3n) is 4.00. The van der Waals surface area contributed by atoms with Crippen molar-refractivity contribution in [3.05, 3.63) is 12.2 Å². The van der Waals surface area contributed by atoms with Gasteiger partial charge in [0.2, 0.25) is 0 Å². The molecule has 2 fully saturated rings. The minimum absolute atomic E-state index is 0.799. The number of nitrogens with one attached hydrogen (secondary N) is 1. The molecule has 0 atom stereocenters. The molecule has 1 aliphatic carbocycles. The van der Waals surface area contributed by atoms with E-state index in [0.29, 0.717) is 0 Å². The highest BCUT2D eigenvalue weighted by atomic mass is 15.1. The van der Waals surface area contributed by atoms with Crippen molar-refractivity contribution in [2.75, 3.05) is 46.8 Å². The second kappa shape index (κ2) is 6.69. The Balaban J connectivity index is 1.58. The lowest BCUT2D eigenvalue weighted by atomic mass is 9.96. The zero-order chi connectivity index (χ0) is 13.0. The van der Waals surface area contributed by atoms with Gasteiger partial charge in [-0.15, -0.1) is 0 Å². The Labute approximate surface area is 112 Å². The van der Waals surface area contributed by atoms with Crippen LogP contribution in [0, 0.1) is 5.92 Å². The maximum Gasteiger partial charge on any atom is 0.0202 e. The Bertz CT molecular complexity index is 263. The maximum absolute atomic E-state index is 4.20. The summed E-state index contributed by atoms with van der Waals surface area (Å²) in [6, 6.07) is 0.799. The van der Waals surface area contributed by atoms with E-state index in [1.54, 1.807) is 0 Å². The number of hydrogen-bond acceptors (Lipinski definition) is 3. The van der Waals surface area contributed by atoms with E-state index in [1.807, 2.05) is 0 Å². The number of nitrogens with zero attached hydrogens (tertiary/aromatic N) is 2. The molecule has 1 heterocycles. The van der Waals surface area contributed by atoms with E-state index in [1.165, 1.54) is 50.9 Å². The average Bonchev–Trinajstić information content (AvgIpc) is 3.12. The standard InChI is InChI=1S/C15H29N3/c1-13(10-16-15-4-5-15)11-18-8-6-14(7-9-18)12-17(2)3/h14-16H,1,4-12H2,2-3H3. The average molecular weight is 251 g/mol. The van der Waals surface area contributed by atoms with E-state index in [0.717, 1.165) is 25.0 Å². The zero-order valence-corrected chi connectivity index (χ0v) is 12.1. The number of rotatable bonds is 7. The van der Waals surface area contributed by atoms with Gasteiger partial charge in [0.1, 0.15) is 0 Å². The molecule has 1 N–H and O–H groups in total. The summed E-state index contributed by atoms with van der Waals surface area (Å²) in [5.74, 6) is 0.897. The molecule has 1 saturated heterocycles. The Morgan fingerprint density at radius 2 is 1.89 bits per heavy atom. The van der Waals surface area contributed by atoms with E-state index in [-0.39, 0.29) is 0 Å². The minimum Gasteiger partial charge on any atom is -0.310 e. The van der Waals surface area contributed by atoms with Gasteiger partial charge in [-0.1, -0.05) is 6.58 Å². The molecule has 1 saturated carbocycles. The van der Waals surface area contributed by atoms with Crippen LogP contribution in [0.5, 0.6) is 0 Å². The molecule has 0 amide bonds. The second-order valence-corrected chi connectivity index (χ2v) is 6.39. The molecule has 2 rings (SSSR count). The van der Waals surface area contributed by atoms with Crippen molar-refractivity contribution in [1.29, 1.82) is 0 Å². The lowest BCUT2D eigenvalue weighted by molar-refractivity contribution is 0.172. The predicted octanol–water partition coefficient (Wildman–Crippen LogP) is 1.57. The molecule has 0 bridgehead atoms. The molecule has 0 aromatic rings. The fraction of sp³-hybridized carbons (Fsp3) is 0.867. The smallest absolute Gasteiger partial charge is 0.0202 e. The Morgan fingerprint density at radius 3 is 2.44 bits per heavy atom. The topological polar surface area (TPSA) is 18.5 Å². The summed E-state index contributed by atoms with van der Waals surface area (Å²) in [4.78, 5) is 4.89. The van der Waals surface area contributed by atoms with Gasteiger partial charge in [-0.2, -0.15) is 0 Å². The maximum atomic E-state index is 4.20. The van der Waals surface area contributed by atoms with Crippen LogP contribution in [0.3, 0.4) is 0 Å². The Morgan fingerprint density at radius 1 is 1.22 bits per heavy atom. The Hall–Kier alpha value is -0.380. The van der Waals surface area contributed by atoms with Gasteiger partial charge in [-0.3, -0.25) is 4.90 Å². The summed E-state index contributed by atoms with van der Waals surface area (Å²) in [5, 5.41) is 3.55. The SMILES string of the molecule is C=C(CNC1CC1)CN1CCC(CN(C)C)CC1. The van der Waals surface area contributed by atoms with Crippen molar-refractivity contribution in [3.63, 3.8) is 0 Å². The molecule has 18 heavy (non-hydrogen) atoms. The zero-order valence-electron chi connectivity index (χ0n) is 12.1. The molecule has 0 radical (unpaired) electrons. The first-order valence-electron chi connectivity index (χ1n) is 7.40. The van der Waals surface area contributed by atoms with Crippen molar-refractivity contribution in [2.45, 2.75) is 31.7 Å². The largest absolute Gasteiger partial charge is 0.310 e. The fourth-order valence-corrected chi connectivity index (χ4v) is 2.79. The summed E-state index contributed by atoms with van der Waals surface area (Å²) in [6.45, 7) is 10.1. The third-order valence-corrected chi connectivity index (χ3v) is 4.00.